The zero-order valence-electron chi connectivity index (χ0n) is 17.0. The van der Waals surface area contributed by atoms with E-state index in [0.717, 1.165) is 37.6 Å². The van der Waals surface area contributed by atoms with Gasteiger partial charge < -0.3 is 14.8 Å². The van der Waals surface area contributed by atoms with Crippen molar-refractivity contribution < 1.29 is 14.3 Å². The number of likely N-dealkylation sites (tertiary alicyclic amines) is 1. The van der Waals surface area contributed by atoms with E-state index in [0.29, 0.717) is 6.61 Å². The van der Waals surface area contributed by atoms with Gasteiger partial charge in [-0.15, -0.1) is 0 Å². The van der Waals surface area contributed by atoms with Gasteiger partial charge in [0.15, 0.2) is 0 Å². The predicted octanol–water partition coefficient (Wildman–Crippen LogP) is 3.27. The molecule has 28 heavy (non-hydrogen) atoms. The van der Waals surface area contributed by atoms with Gasteiger partial charge in [0.05, 0.1) is 18.6 Å². The summed E-state index contributed by atoms with van der Waals surface area (Å²) in [6.07, 6.45) is 1.02. The number of hydrogen-bond acceptors (Lipinski definition) is 4. The first-order valence-electron chi connectivity index (χ1n) is 9.95. The minimum atomic E-state index is 0.136. The van der Waals surface area contributed by atoms with E-state index in [1.807, 2.05) is 38.1 Å². The van der Waals surface area contributed by atoms with E-state index in [9.17, 15) is 4.79 Å². The van der Waals surface area contributed by atoms with Crippen LogP contribution in [0.25, 0.3) is 0 Å². The predicted molar refractivity (Wildman–Crippen MR) is 111 cm³/mol. The lowest BCUT2D eigenvalue weighted by molar-refractivity contribution is -0.129. The van der Waals surface area contributed by atoms with Crippen LogP contribution >= 0.6 is 0 Å². The highest BCUT2D eigenvalue weighted by molar-refractivity contribution is 5.79. The minimum absolute atomic E-state index is 0.136. The Morgan fingerprint density at radius 3 is 2.54 bits per heavy atom. The number of carbonyl (C=O) groups excluding carboxylic acids is 1. The van der Waals surface area contributed by atoms with Gasteiger partial charge >= 0.3 is 0 Å². The molecule has 1 fully saturated rings. The van der Waals surface area contributed by atoms with Crippen LogP contribution in [0.15, 0.2) is 48.5 Å². The van der Waals surface area contributed by atoms with Crippen molar-refractivity contribution in [3.63, 3.8) is 0 Å². The number of nitrogens with one attached hydrogen (secondary N) is 1. The van der Waals surface area contributed by atoms with Crippen LogP contribution in [0.3, 0.4) is 0 Å². The molecular weight excluding hydrogens is 352 g/mol. The van der Waals surface area contributed by atoms with E-state index in [-0.39, 0.29) is 17.9 Å². The number of hydrogen-bond donors (Lipinski definition) is 1. The molecule has 0 bridgehead atoms. The number of ether oxygens (including phenoxy) is 2. The molecule has 1 heterocycles. The van der Waals surface area contributed by atoms with Crippen molar-refractivity contribution >= 4 is 5.91 Å². The average Bonchev–Trinajstić information content (AvgIpc) is 2.65. The monoisotopic (exact) mass is 382 g/mol. The van der Waals surface area contributed by atoms with Crippen LogP contribution in [-0.4, -0.2) is 43.7 Å². The second kappa shape index (κ2) is 9.60. The highest BCUT2D eigenvalue weighted by Gasteiger charge is 2.31. The Morgan fingerprint density at radius 2 is 1.86 bits per heavy atom. The molecule has 0 saturated carbocycles. The standard InChI is InChI=1S/C23H30N2O3/c1-17(2)28-22-6-4-5-18(13-22)11-12-27-21-9-7-19(8-10-21)14-25-15-20(16-25)23(26)24-3/h4-10,13,17,20H,11-12,14-16H2,1-3H3,(H,24,26). The number of nitrogens with zero attached hydrogens (tertiary/aromatic N) is 1. The molecule has 1 amide bonds. The third-order valence-corrected chi connectivity index (χ3v) is 4.83. The topological polar surface area (TPSA) is 50.8 Å². The van der Waals surface area contributed by atoms with Crippen LogP contribution in [0.1, 0.15) is 25.0 Å². The molecule has 2 aromatic carbocycles. The van der Waals surface area contributed by atoms with Crippen LogP contribution in [0.5, 0.6) is 11.5 Å². The summed E-state index contributed by atoms with van der Waals surface area (Å²) >= 11 is 0. The molecule has 1 aliphatic rings. The maximum Gasteiger partial charge on any atom is 0.225 e. The quantitative estimate of drug-likeness (QED) is 0.723. The number of benzene rings is 2. The second-order valence-electron chi connectivity index (χ2n) is 7.56. The molecule has 0 unspecified atom stereocenters. The highest BCUT2D eigenvalue weighted by atomic mass is 16.5. The Kier molecular flexibility index (Phi) is 6.93. The molecule has 150 valence electrons. The maximum absolute atomic E-state index is 11.5. The molecule has 2 aromatic rings. The normalized spacial score (nSPS) is 14.6. The minimum Gasteiger partial charge on any atom is -0.493 e. The molecule has 5 nitrogen and oxygen atoms in total. The second-order valence-corrected chi connectivity index (χ2v) is 7.56. The van der Waals surface area contributed by atoms with Gasteiger partial charge in [-0.25, -0.2) is 0 Å². The van der Waals surface area contributed by atoms with Crippen LogP contribution in [0.4, 0.5) is 0 Å². The fraction of sp³-hybridized carbons (Fsp3) is 0.435. The zero-order valence-corrected chi connectivity index (χ0v) is 17.0. The Morgan fingerprint density at radius 1 is 1.11 bits per heavy atom. The summed E-state index contributed by atoms with van der Waals surface area (Å²) in [5, 5.41) is 2.71. The molecule has 1 aliphatic heterocycles. The molecular formula is C23H30N2O3. The van der Waals surface area contributed by atoms with Crippen LogP contribution in [0, 0.1) is 5.92 Å². The van der Waals surface area contributed by atoms with Crippen molar-refractivity contribution in [2.75, 3.05) is 26.7 Å². The zero-order chi connectivity index (χ0) is 19.9. The van der Waals surface area contributed by atoms with Gasteiger partial charge in [-0.3, -0.25) is 9.69 Å². The van der Waals surface area contributed by atoms with Crippen molar-refractivity contribution in [1.29, 1.82) is 0 Å². The third kappa shape index (κ3) is 5.73. The largest absolute Gasteiger partial charge is 0.493 e. The van der Waals surface area contributed by atoms with Crippen LogP contribution in [0.2, 0.25) is 0 Å². The van der Waals surface area contributed by atoms with Gasteiger partial charge in [0, 0.05) is 33.1 Å². The lowest BCUT2D eigenvalue weighted by Gasteiger charge is -2.38. The van der Waals surface area contributed by atoms with Gasteiger partial charge in [-0.05, 0) is 49.2 Å². The number of rotatable bonds is 9. The van der Waals surface area contributed by atoms with Crippen LogP contribution < -0.4 is 14.8 Å². The number of amides is 1. The molecule has 0 aliphatic carbocycles. The molecule has 0 radical (unpaired) electrons. The average molecular weight is 383 g/mol. The SMILES string of the molecule is CNC(=O)C1CN(Cc2ccc(OCCc3cccc(OC(C)C)c3)cc2)C1. The lowest BCUT2D eigenvalue weighted by atomic mass is 9.98. The fourth-order valence-electron chi connectivity index (χ4n) is 3.35. The number of carbonyl (C=O) groups is 1. The molecule has 0 atom stereocenters. The van der Waals surface area contributed by atoms with E-state index >= 15 is 0 Å². The Hall–Kier alpha value is -2.53. The molecule has 3 rings (SSSR count). The van der Waals surface area contributed by atoms with E-state index in [2.05, 4.69) is 34.5 Å². The first-order chi connectivity index (χ1) is 13.5. The summed E-state index contributed by atoms with van der Waals surface area (Å²) < 4.78 is 11.6. The van der Waals surface area contributed by atoms with E-state index in [1.165, 1.54) is 11.1 Å². The van der Waals surface area contributed by atoms with Crippen LogP contribution in [-0.2, 0) is 17.8 Å². The Balaban J connectivity index is 1.41. The third-order valence-electron chi connectivity index (χ3n) is 4.83. The van der Waals surface area contributed by atoms with Gasteiger partial charge in [0.2, 0.25) is 5.91 Å². The van der Waals surface area contributed by atoms with Crippen molar-refractivity contribution in [3.05, 3.63) is 59.7 Å². The van der Waals surface area contributed by atoms with Gasteiger partial charge in [0.1, 0.15) is 11.5 Å². The fourth-order valence-corrected chi connectivity index (χ4v) is 3.35. The van der Waals surface area contributed by atoms with Gasteiger partial charge in [-0.1, -0.05) is 24.3 Å². The first-order valence-corrected chi connectivity index (χ1v) is 9.95. The molecule has 5 heteroatoms. The summed E-state index contributed by atoms with van der Waals surface area (Å²) in [5.74, 6) is 2.06. The van der Waals surface area contributed by atoms with E-state index in [1.54, 1.807) is 7.05 Å². The van der Waals surface area contributed by atoms with Crippen molar-refractivity contribution in [1.82, 2.24) is 10.2 Å². The van der Waals surface area contributed by atoms with E-state index in [4.69, 9.17) is 9.47 Å². The smallest absolute Gasteiger partial charge is 0.225 e. The highest BCUT2D eigenvalue weighted by Crippen LogP contribution is 2.21. The summed E-state index contributed by atoms with van der Waals surface area (Å²) in [5.41, 5.74) is 2.44. The Bertz CT molecular complexity index is 768. The molecule has 1 N–H and O–H groups in total. The van der Waals surface area contributed by atoms with E-state index < -0.39 is 0 Å². The maximum atomic E-state index is 11.5. The van der Waals surface area contributed by atoms with Crippen molar-refractivity contribution in [2.45, 2.75) is 32.9 Å². The Labute approximate surface area is 167 Å². The molecule has 1 saturated heterocycles. The van der Waals surface area contributed by atoms with Crippen molar-refractivity contribution in [2.24, 2.45) is 5.92 Å². The first kappa shape index (κ1) is 20.2. The van der Waals surface area contributed by atoms with Crippen molar-refractivity contribution in [3.8, 4) is 11.5 Å². The summed E-state index contributed by atoms with van der Waals surface area (Å²) in [7, 11) is 1.69. The lowest BCUT2D eigenvalue weighted by Crippen LogP contribution is -2.52. The van der Waals surface area contributed by atoms with Gasteiger partial charge in [-0.2, -0.15) is 0 Å². The summed E-state index contributed by atoms with van der Waals surface area (Å²) in [6.45, 7) is 7.22. The summed E-state index contributed by atoms with van der Waals surface area (Å²) in [6, 6.07) is 16.4. The molecule has 0 spiro atoms. The van der Waals surface area contributed by atoms with Gasteiger partial charge in [0.25, 0.3) is 0 Å². The molecule has 0 aromatic heterocycles. The summed E-state index contributed by atoms with van der Waals surface area (Å²) in [4.78, 5) is 13.8.